The zero-order chi connectivity index (χ0) is 13.2. The van der Waals surface area contributed by atoms with Gasteiger partial charge >= 0.3 is 0 Å². The summed E-state index contributed by atoms with van der Waals surface area (Å²) in [5, 5.41) is 0. The zero-order valence-corrected chi connectivity index (χ0v) is 10.6. The van der Waals surface area contributed by atoms with Crippen LogP contribution in [0.5, 0.6) is 11.5 Å². The second kappa shape index (κ2) is 4.76. The molecule has 3 heteroatoms. The van der Waals surface area contributed by atoms with Gasteiger partial charge in [-0.3, -0.25) is 4.79 Å². The van der Waals surface area contributed by atoms with Crippen LogP contribution in [0.2, 0.25) is 0 Å². The van der Waals surface area contributed by atoms with E-state index in [1.165, 1.54) is 0 Å². The van der Waals surface area contributed by atoms with Crippen LogP contribution in [-0.4, -0.2) is 19.0 Å². The number of rotatable bonds is 3. The number of carbonyl (C=O) groups excluding carboxylic acids is 1. The van der Waals surface area contributed by atoms with Crippen molar-refractivity contribution in [1.82, 2.24) is 0 Å². The number of ether oxygens (including phenoxy) is 2. The Balaban J connectivity index is 1.77. The number of carbonyl (C=O) groups is 1. The topological polar surface area (TPSA) is 35.5 Å². The first kappa shape index (κ1) is 11.8. The fourth-order valence-corrected chi connectivity index (χ4v) is 2.26. The van der Waals surface area contributed by atoms with Gasteiger partial charge in [-0.05, 0) is 29.8 Å². The van der Waals surface area contributed by atoms with E-state index in [1.54, 1.807) is 7.11 Å². The molecular weight excluding hydrogens is 240 g/mol. The molecule has 2 aromatic carbocycles. The summed E-state index contributed by atoms with van der Waals surface area (Å²) in [5.41, 5.74) is 1.74. The fraction of sp³-hybridized carbons (Fsp3) is 0.188. The maximum Gasteiger partial charge on any atom is 0.207 e. The molecule has 1 aliphatic heterocycles. The lowest BCUT2D eigenvalue weighted by Crippen LogP contribution is -2.23. The number of hydrogen-bond donors (Lipinski definition) is 0. The monoisotopic (exact) mass is 254 g/mol. The molecule has 0 saturated heterocycles. The molecule has 3 rings (SSSR count). The third-order valence-electron chi connectivity index (χ3n) is 3.29. The van der Waals surface area contributed by atoms with Crippen molar-refractivity contribution in [3.8, 4) is 11.5 Å². The van der Waals surface area contributed by atoms with E-state index >= 15 is 0 Å². The molecular formula is C16H14O3. The van der Waals surface area contributed by atoms with Gasteiger partial charge in [0.25, 0.3) is 0 Å². The molecule has 1 unspecified atom stereocenters. The molecule has 0 saturated carbocycles. The van der Waals surface area contributed by atoms with Crippen LogP contribution in [0.1, 0.15) is 15.9 Å². The van der Waals surface area contributed by atoms with E-state index in [2.05, 4.69) is 0 Å². The number of hydrogen-bond acceptors (Lipinski definition) is 3. The molecule has 1 aliphatic rings. The zero-order valence-electron chi connectivity index (χ0n) is 10.6. The normalized spacial score (nSPS) is 16.9. The van der Waals surface area contributed by atoms with Gasteiger partial charge in [-0.2, -0.15) is 0 Å². The van der Waals surface area contributed by atoms with Crippen molar-refractivity contribution in [3.05, 3.63) is 59.7 Å². The maximum atomic E-state index is 12.2. The van der Waals surface area contributed by atoms with E-state index in [-0.39, 0.29) is 5.78 Å². The van der Waals surface area contributed by atoms with E-state index in [9.17, 15) is 4.79 Å². The summed E-state index contributed by atoms with van der Waals surface area (Å²) in [6.45, 7) is 0. The van der Waals surface area contributed by atoms with Crippen LogP contribution in [0.25, 0.3) is 0 Å². The van der Waals surface area contributed by atoms with Gasteiger partial charge in [0.15, 0.2) is 6.10 Å². The molecule has 2 aromatic rings. The smallest absolute Gasteiger partial charge is 0.207 e. The molecule has 0 bridgehead atoms. The summed E-state index contributed by atoms with van der Waals surface area (Å²) in [6, 6.07) is 15.1. The number of para-hydroxylation sites is 1. The van der Waals surface area contributed by atoms with E-state index < -0.39 is 6.10 Å². The van der Waals surface area contributed by atoms with E-state index in [1.807, 2.05) is 48.5 Å². The van der Waals surface area contributed by atoms with E-state index in [0.29, 0.717) is 17.7 Å². The molecule has 19 heavy (non-hydrogen) atoms. The van der Waals surface area contributed by atoms with Gasteiger partial charge in [-0.25, -0.2) is 0 Å². The van der Waals surface area contributed by atoms with Gasteiger partial charge in [-0.1, -0.05) is 24.3 Å². The van der Waals surface area contributed by atoms with Crippen LogP contribution in [0, 0.1) is 0 Å². The first-order chi connectivity index (χ1) is 9.28. The Morgan fingerprint density at radius 2 is 1.84 bits per heavy atom. The number of fused-ring (bicyclic) bond motifs is 1. The van der Waals surface area contributed by atoms with Crippen LogP contribution in [-0.2, 0) is 6.42 Å². The van der Waals surface area contributed by atoms with Crippen LogP contribution in [0.3, 0.4) is 0 Å². The van der Waals surface area contributed by atoms with Crippen molar-refractivity contribution in [1.29, 1.82) is 0 Å². The predicted octanol–water partition coefficient (Wildman–Crippen LogP) is 2.88. The Hall–Kier alpha value is -2.29. The molecule has 0 spiro atoms. The highest BCUT2D eigenvalue weighted by Gasteiger charge is 2.31. The van der Waals surface area contributed by atoms with Gasteiger partial charge in [0.1, 0.15) is 11.5 Å². The lowest BCUT2D eigenvalue weighted by atomic mass is 10.0. The van der Waals surface area contributed by atoms with Gasteiger partial charge in [0, 0.05) is 6.42 Å². The largest absolute Gasteiger partial charge is 0.497 e. The van der Waals surface area contributed by atoms with Gasteiger partial charge in [0.2, 0.25) is 5.78 Å². The summed E-state index contributed by atoms with van der Waals surface area (Å²) in [6.07, 6.45) is 0.170. The standard InChI is InChI=1S/C16H14O3/c1-18-12-8-6-11(7-9-12)10-15-16(17)13-4-2-3-5-14(13)19-15/h2-9,15H,10H2,1H3. The number of methoxy groups -OCH3 is 1. The molecule has 0 radical (unpaired) electrons. The van der Waals surface area contributed by atoms with E-state index in [4.69, 9.17) is 9.47 Å². The highest BCUT2D eigenvalue weighted by atomic mass is 16.5. The SMILES string of the molecule is COc1ccc(CC2Oc3ccccc3C2=O)cc1. The van der Waals surface area contributed by atoms with Crippen LogP contribution < -0.4 is 9.47 Å². The van der Waals surface area contributed by atoms with Gasteiger partial charge < -0.3 is 9.47 Å². The molecule has 3 nitrogen and oxygen atoms in total. The highest BCUT2D eigenvalue weighted by molar-refractivity contribution is 6.04. The van der Waals surface area contributed by atoms with E-state index in [0.717, 1.165) is 11.3 Å². The van der Waals surface area contributed by atoms with Gasteiger partial charge in [0.05, 0.1) is 12.7 Å². The van der Waals surface area contributed by atoms with Crippen LogP contribution >= 0.6 is 0 Å². The number of benzene rings is 2. The summed E-state index contributed by atoms with van der Waals surface area (Å²) in [7, 11) is 1.63. The second-order valence-corrected chi connectivity index (χ2v) is 4.52. The summed E-state index contributed by atoms with van der Waals surface area (Å²) < 4.78 is 10.8. The Labute approximate surface area is 111 Å². The molecule has 0 aliphatic carbocycles. The van der Waals surface area contributed by atoms with Crippen molar-refractivity contribution in [2.24, 2.45) is 0 Å². The lowest BCUT2D eigenvalue weighted by molar-refractivity contribution is 0.0858. The number of Topliss-reactive ketones (excluding diaryl/α,β-unsaturated/α-hetero) is 1. The van der Waals surface area contributed by atoms with Crippen molar-refractivity contribution >= 4 is 5.78 Å². The first-order valence-corrected chi connectivity index (χ1v) is 6.21. The minimum atomic E-state index is -0.411. The van der Waals surface area contributed by atoms with Crippen LogP contribution in [0.4, 0.5) is 0 Å². The summed E-state index contributed by atoms with van der Waals surface area (Å²) in [5.74, 6) is 1.56. The molecule has 96 valence electrons. The average molecular weight is 254 g/mol. The van der Waals surface area contributed by atoms with Crippen molar-refractivity contribution in [2.75, 3.05) is 7.11 Å². The minimum Gasteiger partial charge on any atom is -0.497 e. The van der Waals surface area contributed by atoms with Crippen LogP contribution in [0.15, 0.2) is 48.5 Å². The quantitative estimate of drug-likeness (QED) is 0.844. The Kier molecular flexibility index (Phi) is 2.95. The summed E-state index contributed by atoms with van der Waals surface area (Å²) in [4.78, 5) is 12.2. The Morgan fingerprint density at radius 3 is 2.53 bits per heavy atom. The molecule has 0 aromatic heterocycles. The van der Waals surface area contributed by atoms with Crippen molar-refractivity contribution in [3.63, 3.8) is 0 Å². The lowest BCUT2D eigenvalue weighted by Gasteiger charge is -2.09. The minimum absolute atomic E-state index is 0.0615. The average Bonchev–Trinajstić information content (AvgIpc) is 2.77. The van der Waals surface area contributed by atoms with Crippen molar-refractivity contribution in [2.45, 2.75) is 12.5 Å². The Morgan fingerprint density at radius 1 is 1.11 bits per heavy atom. The third kappa shape index (κ3) is 2.19. The molecule has 0 N–H and O–H groups in total. The van der Waals surface area contributed by atoms with Crippen molar-refractivity contribution < 1.29 is 14.3 Å². The molecule has 1 heterocycles. The summed E-state index contributed by atoms with van der Waals surface area (Å²) >= 11 is 0. The third-order valence-corrected chi connectivity index (χ3v) is 3.29. The number of ketones is 1. The molecule has 0 amide bonds. The molecule has 0 fully saturated rings. The molecule has 1 atom stereocenters. The second-order valence-electron chi connectivity index (χ2n) is 4.52. The highest BCUT2D eigenvalue weighted by Crippen LogP contribution is 2.29. The maximum absolute atomic E-state index is 12.2. The fourth-order valence-electron chi connectivity index (χ4n) is 2.26. The van der Waals surface area contributed by atoms with Gasteiger partial charge in [-0.15, -0.1) is 0 Å². The first-order valence-electron chi connectivity index (χ1n) is 6.21. The Bertz CT molecular complexity index is 602. The predicted molar refractivity (Wildman–Crippen MR) is 71.9 cm³/mol.